The molecule has 1 heterocycles. The molecule has 1 rings (SSSR count). The molecule has 0 aromatic heterocycles. The SMILES string of the molecule is [2H]COC[C@H]1OC(OC)[C@H](O)[C@@H](O)[C@@H]1O. The minimum absolute atomic E-state index is 0.0334. The Balaban J connectivity index is 2.57. The third-order valence-corrected chi connectivity index (χ3v) is 2.18. The molecule has 0 aromatic rings. The predicted molar refractivity (Wildman–Crippen MR) is 45.6 cm³/mol. The largest absolute Gasteiger partial charge is 0.387 e. The van der Waals surface area contributed by atoms with Gasteiger partial charge in [-0.1, -0.05) is 0 Å². The summed E-state index contributed by atoms with van der Waals surface area (Å²) in [5.74, 6) is 0. The summed E-state index contributed by atoms with van der Waals surface area (Å²) < 4.78 is 21.5. The van der Waals surface area contributed by atoms with Crippen LogP contribution >= 0.6 is 0 Å². The zero-order valence-electron chi connectivity index (χ0n) is 8.87. The van der Waals surface area contributed by atoms with Gasteiger partial charge in [0.1, 0.15) is 24.4 Å². The predicted octanol–water partition coefficient (Wildman–Crippen LogP) is -1.91. The Labute approximate surface area is 83.4 Å². The molecular formula is C8H16O6. The van der Waals surface area contributed by atoms with Crippen molar-refractivity contribution >= 4 is 0 Å². The Bertz CT molecular complexity index is 190. The van der Waals surface area contributed by atoms with Gasteiger partial charge in [-0.2, -0.15) is 0 Å². The number of methoxy groups -OCH3 is 2. The Morgan fingerprint density at radius 2 is 2.00 bits per heavy atom. The number of aliphatic hydroxyl groups excluding tert-OH is 3. The minimum atomic E-state index is -1.34. The van der Waals surface area contributed by atoms with Gasteiger partial charge >= 0.3 is 0 Å². The van der Waals surface area contributed by atoms with E-state index < -0.39 is 30.7 Å². The van der Waals surface area contributed by atoms with Crippen molar-refractivity contribution in [1.82, 2.24) is 0 Å². The number of ether oxygens (including phenoxy) is 3. The summed E-state index contributed by atoms with van der Waals surface area (Å²) in [6.07, 6.45) is -5.69. The quantitative estimate of drug-likeness (QED) is 0.502. The Kier molecular flexibility index (Phi) is 3.68. The molecule has 0 radical (unpaired) electrons. The molecular weight excluding hydrogens is 192 g/mol. The summed E-state index contributed by atoms with van der Waals surface area (Å²) in [5, 5.41) is 28.4. The lowest BCUT2D eigenvalue weighted by molar-refractivity contribution is -0.295. The number of rotatable bonds is 3. The van der Waals surface area contributed by atoms with Crippen LogP contribution in [0.1, 0.15) is 1.37 Å². The third kappa shape index (κ3) is 2.22. The van der Waals surface area contributed by atoms with Gasteiger partial charge in [-0.15, -0.1) is 0 Å². The summed E-state index contributed by atoms with van der Waals surface area (Å²) >= 11 is 0. The Hall–Kier alpha value is -0.240. The van der Waals surface area contributed by atoms with Gasteiger partial charge in [0.25, 0.3) is 0 Å². The maximum Gasteiger partial charge on any atom is 0.186 e. The highest BCUT2D eigenvalue weighted by molar-refractivity contribution is 4.88. The normalized spacial score (nSPS) is 44.9. The average Bonchev–Trinajstić information content (AvgIpc) is 2.25. The zero-order valence-corrected chi connectivity index (χ0v) is 7.87. The highest BCUT2D eigenvalue weighted by Gasteiger charge is 2.43. The third-order valence-electron chi connectivity index (χ3n) is 2.18. The fourth-order valence-electron chi connectivity index (χ4n) is 1.37. The van der Waals surface area contributed by atoms with E-state index in [1.165, 1.54) is 7.11 Å². The molecule has 1 aliphatic heterocycles. The monoisotopic (exact) mass is 209 g/mol. The summed E-state index contributed by atoms with van der Waals surface area (Å²) in [7, 11) is 1.06. The van der Waals surface area contributed by atoms with Crippen molar-refractivity contribution in [1.29, 1.82) is 0 Å². The highest BCUT2D eigenvalue weighted by atomic mass is 16.7. The molecule has 1 fully saturated rings. The molecule has 3 N–H and O–H groups in total. The summed E-state index contributed by atoms with van der Waals surface area (Å²) in [4.78, 5) is 0. The topological polar surface area (TPSA) is 88.4 Å². The molecule has 0 aliphatic carbocycles. The Morgan fingerprint density at radius 1 is 1.29 bits per heavy atom. The van der Waals surface area contributed by atoms with Crippen LogP contribution in [0, 0.1) is 0 Å². The Morgan fingerprint density at radius 3 is 2.57 bits per heavy atom. The summed E-state index contributed by atoms with van der Waals surface area (Å²) in [5.41, 5.74) is 0. The molecule has 1 unspecified atom stereocenters. The molecule has 0 spiro atoms. The maximum atomic E-state index is 9.52. The molecule has 0 bridgehead atoms. The minimum Gasteiger partial charge on any atom is -0.387 e. The van der Waals surface area contributed by atoms with E-state index in [-0.39, 0.29) is 13.7 Å². The van der Waals surface area contributed by atoms with E-state index in [0.29, 0.717) is 0 Å². The van der Waals surface area contributed by atoms with Crippen LogP contribution in [0.4, 0.5) is 0 Å². The second-order valence-corrected chi connectivity index (χ2v) is 3.12. The van der Waals surface area contributed by atoms with Crippen LogP contribution in [0.2, 0.25) is 0 Å². The zero-order chi connectivity index (χ0) is 11.4. The van der Waals surface area contributed by atoms with E-state index in [0.717, 1.165) is 0 Å². The van der Waals surface area contributed by atoms with E-state index in [1.54, 1.807) is 0 Å². The van der Waals surface area contributed by atoms with Crippen molar-refractivity contribution in [3.05, 3.63) is 0 Å². The molecule has 1 saturated heterocycles. The first-order valence-electron chi connectivity index (χ1n) is 4.92. The van der Waals surface area contributed by atoms with Crippen LogP contribution in [0.25, 0.3) is 0 Å². The van der Waals surface area contributed by atoms with Gasteiger partial charge in [0.2, 0.25) is 0 Å². The van der Waals surface area contributed by atoms with Gasteiger partial charge in [-0.25, -0.2) is 0 Å². The molecule has 6 heteroatoms. The number of aliphatic hydroxyl groups is 3. The fraction of sp³-hybridized carbons (Fsp3) is 1.00. The number of hydrogen-bond acceptors (Lipinski definition) is 6. The van der Waals surface area contributed by atoms with Crippen molar-refractivity contribution in [3.63, 3.8) is 0 Å². The molecule has 0 saturated carbocycles. The molecule has 14 heavy (non-hydrogen) atoms. The smallest absolute Gasteiger partial charge is 0.186 e. The van der Waals surface area contributed by atoms with E-state index in [1.807, 2.05) is 0 Å². The van der Waals surface area contributed by atoms with E-state index in [9.17, 15) is 15.3 Å². The second kappa shape index (κ2) is 5.01. The van der Waals surface area contributed by atoms with Crippen molar-refractivity contribution in [3.8, 4) is 0 Å². The first-order valence-corrected chi connectivity index (χ1v) is 4.21. The molecule has 84 valence electrons. The van der Waals surface area contributed by atoms with E-state index in [2.05, 4.69) is 0 Å². The van der Waals surface area contributed by atoms with Crippen molar-refractivity contribution < 1.29 is 30.9 Å². The summed E-state index contributed by atoms with van der Waals surface area (Å²) in [6, 6.07) is 0. The van der Waals surface area contributed by atoms with Crippen LogP contribution in [-0.2, 0) is 14.2 Å². The lowest BCUT2D eigenvalue weighted by Crippen LogP contribution is -2.59. The van der Waals surface area contributed by atoms with Gasteiger partial charge in [-0.05, 0) is 0 Å². The standard InChI is InChI=1S/C8H16O6/c1-12-3-4-5(9)6(10)7(11)8(13-2)14-4/h4-11H,3H2,1-2H3/t4-,5-,6+,7-,8?/m1/s1/i1D. The van der Waals surface area contributed by atoms with E-state index >= 15 is 0 Å². The van der Waals surface area contributed by atoms with Gasteiger partial charge < -0.3 is 29.5 Å². The lowest BCUT2D eigenvalue weighted by Gasteiger charge is -2.39. The molecule has 5 atom stereocenters. The van der Waals surface area contributed by atoms with Crippen LogP contribution in [-0.4, -0.2) is 66.8 Å². The molecule has 6 nitrogen and oxygen atoms in total. The average molecular weight is 209 g/mol. The lowest BCUT2D eigenvalue weighted by atomic mass is 9.99. The molecule has 0 aromatic carbocycles. The van der Waals surface area contributed by atoms with Crippen LogP contribution in [0.15, 0.2) is 0 Å². The summed E-state index contributed by atoms with van der Waals surface area (Å²) in [6.45, 7) is -0.0334. The number of hydrogen-bond donors (Lipinski definition) is 3. The first-order chi connectivity index (χ1) is 7.11. The highest BCUT2D eigenvalue weighted by Crippen LogP contribution is 2.21. The van der Waals surface area contributed by atoms with Crippen LogP contribution in [0.3, 0.4) is 0 Å². The van der Waals surface area contributed by atoms with Crippen molar-refractivity contribution in [2.45, 2.75) is 30.7 Å². The van der Waals surface area contributed by atoms with Gasteiger partial charge in [0.15, 0.2) is 6.29 Å². The van der Waals surface area contributed by atoms with Gasteiger partial charge in [-0.3, -0.25) is 0 Å². The molecule has 0 amide bonds. The maximum absolute atomic E-state index is 9.52. The van der Waals surface area contributed by atoms with Crippen molar-refractivity contribution in [2.24, 2.45) is 0 Å². The van der Waals surface area contributed by atoms with E-state index in [4.69, 9.17) is 15.6 Å². The van der Waals surface area contributed by atoms with Crippen LogP contribution < -0.4 is 0 Å². The van der Waals surface area contributed by atoms with Gasteiger partial charge in [0, 0.05) is 14.2 Å². The van der Waals surface area contributed by atoms with Gasteiger partial charge in [0.05, 0.1) is 7.98 Å². The van der Waals surface area contributed by atoms with Crippen molar-refractivity contribution in [2.75, 3.05) is 20.8 Å². The second-order valence-electron chi connectivity index (χ2n) is 3.12. The van der Waals surface area contributed by atoms with Crippen LogP contribution in [0.5, 0.6) is 0 Å². The molecule has 1 aliphatic rings. The first kappa shape index (κ1) is 10.3. The fourth-order valence-corrected chi connectivity index (χ4v) is 1.37.